The van der Waals surface area contributed by atoms with Crippen molar-refractivity contribution in [1.82, 2.24) is 5.32 Å². The number of esters is 1. The minimum absolute atomic E-state index is 0.0222. The molecular weight excluding hydrogens is 568 g/mol. The molecule has 0 spiro atoms. The maximum Gasteiger partial charge on any atom is 0.306 e. The predicted molar refractivity (Wildman–Crippen MR) is 186 cm³/mol. The van der Waals surface area contributed by atoms with Crippen LogP contribution in [0.15, 0.2) is 103 Å². The quantitative estimate of drug-likeness (QED) is 0.0502. The van der Waals surface area contributed by atoms with Gasteiger partial charge in [0, 0.05) is 36.9 Å². The molecule has 6 nitrogen and oxygen atoms in total. The number of benzene rings is 1. The number of ether oxygens (including phenoxy) is 1. The molecule has 0 aromatic heterocycles. The number of nitrogens with two attached hydrogens (primary N) is 1. The third kappa shape index (κ3) is 25.1. The van der Waals surface area contributed by atoms with Crippen LogP contribution in [0.5, 0.6) is 0 Å². The summed E-state index contributed by atoms with van der Waals surface area (Å²) in [7, 11) is 0. The molecule has 3 N–H and O–H groups in total. The van der Waals surface area contributed by atoms with Gasteiger partial charge in [-0.15, -0.1) is 0 Å². The second-order valence-electron chi connectivity index (χ2n) is 10.2. The van der Waals surface area contributed by atoms with Gasteiger partial charge in [-0.2, -0.15) is 11.8 Å². The smallest absolute Gasteiger partial charge is 0.306 e. The zero-order chi connectivity index (χ0) is 31.9. The fourth-order valence-electron chi connectivity index (χ4n) is 3.75. The van der Waals surface area contributed by atoms with E-state index in [1.165, 1.54) is 11.6 Å². The molecule has 44 heavy (non-hydrogen) atoms. The number of carbonyl (C=O) groups is 3. The monoisotopic (exact) mass is 620 g/mol. The van der Waals surface area contributed by atoms with Gasteiger partial charge in [0.25, 0.3) is 5.91 Å². The number of ketones is 1. The Morgan fingerprint density at radius 3 is 2.11 bits per heavy atom. The number of allylic oxidation sites excluding steroid dienone is 11. The van der Waals surface area contributed by atoms with Crippen molar-refractivity contribution in [3.8, 4) is 0 Å². The van der Waals surface area contributed by atoms with Crippen LogP contribution in [0.4, 0.5) is 0 Å². The van der Waals surface area contributed by atoms with E-state index in [9.17, 15) is 14.4 Å². The van der Waals surface area contributed by atoms with Crippen LogP contribution in [0.25, 0.3) is 0 Å². The Balaban J connectivity index is 2.01. The summed E-state index contributed by atoms with van der Waals surface area (Å²) in [5.41, 5.74) is 7.25. The SMILES string of the molecule is CC/C=C\C/C=C\C/C=C\C/C=C\C/C=C\CCCC(=O)/C=C\C(N)CCC(=O)OCC(=O)NCCSCc1ccccc1. The number of thioether (sulfide) groups is 1. The average Bonchev–Trinajstić information content (AvgIpc) is 3.03. The van der Waals surface area contributed by atoms with Crippen LogP contribution in [0.3, 0.4) is 0 Å². The molecule has 0 aliphatic heterocycles. The van der Waals surface area contributed by atoms with Crippen LogP contribution in [0.2, 0.25) is 0 Å². The van der Waals surface area contributed by atoms with Gasteiger partial charge in [-0.05, 0) is 63.0 Å². The predicted octanol–water partition coefficient (Wildman–Crippen LogP) is 7.73. The van der Waals surface area contributed by atoms with Gasteiger partial charge in [-0.1, -0.05) is 104 Å². The van der Waals surface area contributed by atoms with Crippen molar-refractivity contribution in [2.45, 2.75) is 82.9 Å². The van der Waals surface area contributed by atoms with Crippen LogP contribution in [0.1, 0.15) is 76.7 Å². The zero-order valence-electron chi connectivity index (χ0n) is 26.4. The first-order valence-corrected chi connectivity index (χ1v) is 16.9. The molecule has 0 saturated carbocycles. The molecule has 1 aromatic rings. The molecular formula is C37H52N2O4S. The topological polar surface area (TPSA) is 98.5 Å². The van der Waals surface area contributed by atoms with Gasteiger partial charge in [-0.3, -0.25) is 14.4 Å². The van der Waals surface area contributed by atoms with Gasteiger partial charge in [0.15, 0.2) is 12.4 Å². The molecule has 1 unspecified atom stereocenters. The highest BCUT2D eigenvalue weighted by Gasteiger charge is 2.09. The maximum absolute atomic E-state index is 12.1. The van der Waals surface area contributed by atoms with Crippen LogP contribution in [-0.4, -0.2) is 42.6 Å². The number of nitrogens with one attached hydrogen (secondary N) is 1. The van der Waals surface area contributed by atoms with Gasteiger partial charge >= 0.3 is 5.97 Å². The minimum atomic E-state index is -0.481. The summed E-state index contributed by atoms with van der Waals surface area (Å²) >= 11 is 1.73. The second kappa shape index (κ2) is 28.4. The first kappa shape index (κ1) is 38.6. The molecule has 0 aliphatic carbocycles. The molecule has 1 rings (SSSR count). The minimum Gasteiger partial charge on any atom is -0.456 e. The van der Waals surface area contributed by atoms with E-state index in [1.807, 2.05) is 18.2 Å². The Kier molecular flexibility index (Phi) is 24.9. The molecule has 0 radical (unpaired) electrons. The number of unbranched alkanes of at least 4 members (excludes halogenated alkanes) is 1. The number of amides is 1. The number of hydrogen-bond acceptors (Lipinski definition) is 6. The lowest BCUT2D eigenvalue weighted by Gasteiger charge is -2.08. The number of rotatable bonds is 25. The lowest BCUT2D eigenvalue weighted by atomic mass is 10.1. The highest BCUT2D eigenvalue weighted by molar-refractivity contribution is 7.98. The Morgan fingerprint density at radius 2 is 1.48 bits per heavy atom. The Labute approximate surface area is 269 Å². The summed E-state index contributed by atoms with van der Waals surface area (Å²) in [6.07, 6.45) is 32.2. The lowest BCUT2D eigenvalue weighted by Crippen LogP contribution is -2.30. The van der Waals surface area contributed by atoms with Gasteiger partial charge in [0.2, 0.25) is 0 Å². The molecule has 1 amide bonds. The van der Waals surface area contributed by atoms with E-state index in [4.69, 9.17) is 10.5 Å². The molecule has 0 fully saturated rings. The Bertz CT molecular complexity index is 1090. The molecule has 240 valence electrons. The average molecular weight is 621 g/mol. The van der Waals surface area contributed by atoms with Crippen molar-refractivity contribution >= 4 is 29.4 Å². The number of hydrogen-bond donors (Lipinski definition) is 2. The van der Waals surface area contributed by atoms with Crippen molar-refractivity contribution in [3.63, 3.8) is 0 Å². The van der Waals surface area contributed by atoms with Gasteiger partial charge in [0.1, 0.15) is 0 Å². The highest BCUT2D eigenvalue weighted by Crippen LogP contribution is 2.10. The summed E-state index contributed by atoms with van der Waals surface area (Å²) < 4.78 is 5.03. The van der Waals surface area contributed by atoms with Crippen molar-refractivity contribution in [2.75, 3.05) is 18.9 Å². The molecule has 0 aliphatic rings. The van der Waals surface area contributed by atoms with E-state index in [2.05, 4.69) is 85.1 Å². The van der Waals surface area contributed by atoms with Crippen LogP contribution in [0, 0.1) is 0 Å². The third-order valence-corrected chi connectivity index (χ3v) is 7.24. The van der Waals surface area contributed by atoms with E-state index >= 15 is 0 Å². The maximum atomic E-state index is 12.1. The van der Waals surface area contributed by atoms with Gasteiger partial charge in [-0.25, -0.2) is 0 Å². The summed E-state index contributed by atoms with van der Waals surface area (Å²) in [6, 6.07) is 9.71. The molecule has 0 saturated heterocycles. The molecule has 1 aromatic carbocycles. The van der Waals surface area contributed by atoms with Gasteiger partial charge < -0.3 is 15.8 Å². The van der Waals surface area contributed by atoms with Crippen LogP contribution >= 0.6 is 11.8 Å². The molecule has 7 heteroatoms. The summed E-state index contributed by atoms with van der Waals surface area (Å²) in [5.74, 6) is 0.882. The Hall–Kier alpha value is -3.42. The second-order valence-corrected chi connectivity index (χ2v) is 11.3. The molecule has 0 heterocycles. The first-order chi connectivity index (χ1) is 21.5. The summed E-state index contributed by atoms with van der Waals surface area (Å²) in [4.78, 5) is 35.9. The first-order valence-electron chi connectivity index (χ1n) is 15.8. The van der Waals surface area contributed by atoms with E-state index in [0.29, 0.717) is 19.4 Å². The standard InChI is InChI=1S/C37H52N2O4S/c1-2-3-4-5-6-7-8-9-10-11-12-13-14-15-16-17-21-24-35(40)27-25-34(38)26-28-37(42)43-31-36(41)39-29-30-44-32-33-22-19-18-20-23-33/h3-4,6-7,9-10,12-13,15-16,18-20,22-23,25,27,34H,2,5,8,11,14,17,21,24,26,28-32,38H2,1H3,(H,39,41)/b4-3-,7-6-,10-9-,13-12-,16-15-,27-25-. The van der Waals surface area contributed by atoms with E-state index < -0.39 is 12.0 Å². The highest BCUT2D eigenvalue weighted by atomic mass is 32.2. The van der Waals surface area contributed by atoms with Gasteiger partial charge in [0.05, 0.1) is 0 Å². The summed E-state index contributed by atoms with van der Waals surface area (Å²) in [5, 5.41) is 2.75. The largest absolute Gasteiger partial charge is 0.456 e. The van der Waals surface area contributed by atoms with Crippen LogP contribution < -0.4 is 11.1 Å². The van der Waals surface area contributed by atoms with Crippen LogP contribution in [-0.2, 0) is 24.9 Å². The normalized spacial score (nSPS) is 12.9. The lowest BCUT2D eigenvalue weighted by molar-refractivity contribution is -0.148. The molecule has 0 bridgehead atoms. The van der Waals surface area contributed by atoms with Crippen molar-refractivity contribution in [2.24, 2.45) is 5.73 Å². The van der Waals surface area contributed by atoms with Crippen molar-refractivity contribution < 1.29 is 19.1 Å². The number of carbonyl (C=O) groups excluding carboxylic acids is 3. The van der Waals surface area contributed by atoms with Crippen molar-refractivity contribution in [3.05, 3.63) is 109 Å². The fourth-order valence-corrected chi connectivity index (χ4v) is 4.57. The Morgan fingerprint density at radius 1 is 0.864 bits per heavy atom. The van der Waals surface area contributed by atoms with E-state index in [0.717, 1.165) is 56.5 Å². The van der Waals surface area contributed by atoms with Crippen molar-refractivity contribution in [1.29, 1.82) is 0 Å². The fraction of sp³-hybridized carbons (Fsp3) is 0.432. The molecule has 1 atom stereocenters. The summed E-state index contributed by atoms with van der Waals surface area (Å²) in [6.45, 7) is 2.35. The van der Waals surface area contributed by atoms with E-state index in [1.54, 1.807) is 17.8 Å². The van der Waals surface area contributed by atoms with E-state index in [-0.39, 0.29) is 24.7 Å². The zero-order valence-corrected chi connectivity index (χ0v) is 27.2. The third-order valence-electron chi connectivity index (χ3n) is 6.21.